The molecule has 138 valence electrons. The molecule has 0 spiro atoms. The number of alkyl halides is 3. The molecule has 0 aliphatic carbocycles. The smallest absolute Gasteiger partial charge is 0.416 e. The van der Waals surface area contributed by atoms with Crippen LogP contribution in [0.25, 0.3) is 0 Å². The summed E-state index contributed by atoms with van der Waals surface area (Å²) in [6.45, 7) is -0.163. The number of hydrogen-bond donors (Lipinski definition) is 2. The molecule has 2 N–H and O–H groups in total. The van der Waals surface area contributed by atoms with Gasteiger partial charge in [0, 0.05) is 11.4 Å². The minimum Gasteiger partial charge on any atom is -0.465 e. The van der Waals surface area contributed by atoms with Crippen LogP contribution in [0.2, 0.25) is 5.02 Å². The summed E-state index contributed by atoms with van der Waals surface area (Å²) in [5, 5.41) is 5.46. The van der Waals surface area contributed by atoms with Crippen molar-refractivity contribution in [1.29, 1.82) is 0 Å². The van der Waals surface area contributed by atoms with Crippen molar-refractivity contribution in [2.75, 3.05) is 24.3 Å². The Hall–Kier alpha value is -2.74. The number of hydrogen-bond acceptors (Lipinski definition) is 4. The molecule has 0 radical (unpaired) electrons. The fourth-order valence-electron chi connectivity index (χ4n) is 2.03. The highest BCUT2D eigenvalue weighted by Crippen LogP contribution is 2.29. The number of ether oxygens (including phenoxy) is 1. The Labute approximate surface area is 152 Å². The van der Waals surface area contributed by atoms with Crippen molar-refractivity contribution in [3.05, 3.63) is 58.6 Å². The van der Waals surface area contributed by atoms with Crippen molar-refractivity contribution in [2.45, 2.75) is 6.18 Å². The molecule has 2 rings (SSSR count). The fraction of sp³-hybridized carbons (Fsp3) is 0.176. The third-order valence-corrected chi connectivity index (χ3v) is 3.65. The van der Waals surface area contributed by atoms with Crippen LogP contribution in [-0.2, 0) is 15.7 Å². The molecule has 2 aromatic rings. The lowest BCUT2D eigenvalue weighted by Gasteiger charge is -2.11. The van der Waals surface area contributed by atoms with Gasteiger partial charge in [0.15, 0.2) is 0 Å². The highest BCUT2D eigenvalue weighted by Gasteiger charge is 2.29. The molecular formula is C17H14ClF3N2O3. The van der Waals surface area contributed by atoms with Gasteiger partial charge in [-0.2, -0.15) is 13.2 Å². The number of halogens is 4. The monoisotopic (exact) mass is 386 g/mol. The first kappa shape index (κ1) is 19.6. The van der Waals surface area contributed by atoms with Crippen molar-refractivity contribution in [3.63, 3.8) is 0 Å². The molecule has 26 heavy (non-hydrogen) atoms. The van der Waals surface area contributed by atoms with Crippen molar-refractivity contribution >= 4 is 34.9 Å². The van der Waals surface area contributed by atoms with Gasteiger partial charge in [-0.05, 0) is 42.5 Å². The number of carbonyl (C=O) groups is 2. The van der Waals surface area contributed by atoms with E-state index in [0.717, 1.165) is 12.1 Å². The Morgan fingerprint density at radius 3 is 2.27 bits per heavy atom. The molecule has 0 aromatic heterocycles. The second-order valence-electron chi connectivity index (χ2n) is 5.16. The van der Waals surface area contributed by atoms with Gasteiger partial charge in [0.1, 0.15) is 0 Å². The molecule has 0 atom stereocenters. The van der Waals surface area contributed by atoms with Crippen LogP contribution in [0, 0.1) is 0 Å². The van der Waals surface area contributed by atoms with E-state index in [1.165, 1.54) is 31.4 Å². The maximum absolute atomic E-state index is 12.5. The van der Waals surface area contributed by atoms with E-state index in [9.17, 15) is 22.8 Å². The summed E-state index contributed by atoms with van der Waals surface area (Å²) in [7, 11) is 1.22. The summed E-state index contributed by atoms with van der Waals surface area (Å²) < 4.78 is 42.1. The number of nitrogens with one attached hydrogen (secondary N) is 2. The number of benzene rings is 2. The summed E-state index contributed by atoms with van der Waals surface area (Å²) in [5.74, 6) is -1.09. The molecule has 0 saturated carbocycles. The van der Waals surface area contributed by atoms with Gasteiger partial charge in [0.05, 0.1) is 29.8 Å². The van der Waals surface area contributed by atoms with E-state index in [0.29, 0.717) is 5.69 Å². The summed E-state index contributed by atoms with van der Waals surface area (Å²) in [6, 6.07) is 8.57. The maximum Gasteiger partial charge on any atom is 0.416 e. The lowest BCUT2D eigenvalue weighted by molar-refractivity contribution is -0.137. The average molecular weight is 387 g/mol. The molecule has 9 heteroatoms. The quantitative estimate of drug-likeness (QED) is 0.756. The normalized spacial score (nSPS) is 11.0. The van der Waals surface area contributed by atoms with E-state index in [1.807, 2.05) is 0 Å². The Balaban J connectivity index is 1.96. The van der Waals surface area contributed by atoms with Crippen LogP contribution in [0.4, 0.5) is 24.5 Å². The van der Waals surface area contributed by atoms with Crippen LogP contribution in [0.3, 0.4) is 0 Å². The second-order valence-corrected chi connectivity index (χ2v) is 5.57. The Morgan fingerprint density at radius 2 is 1.69 bits per heavy atom. The zero-order chi connectivity index (χ0) is 19.3. The van der Waals surface area contributed by atoms with Gasteiger partial charge in [-0.15, -0.1) is 0 Å². The van der Waals surface area contributed by atoms with Crippen molar-refractivity contribution < 1.29 is 27.5 Å². The fourth-order valence-corrected chi connectivity index (χ4v) is 2.23. The van der Waals surface area contributed by atoms with Crippen molar-refractivity contribution in [3.8, 4) is 0 Å². The van der Waals surface area contributed by atoms with E-state index in [-0.39, 0.29) is 22.8 Å². The average Bonchev–Trinajstić information content (AvgIpc) is 2.60. The predicted octanol–water partition coefficient (Wildman–Crippen LogP) is 4.20. The molecule has 1 amide bonds. The first-order valence-corrected chi connectivity index (χ1v) is 7.67. The minimum atomic E-state index is -4.43. The van der Waals surface area contributed by atoms with Crippen LogP contribution in [-0.4, -0.2) is 25.5 Å². The number of rotatable bonds is 5. The second kappa shape index (κ2) is 8.09. The summed E-state index contributed by atoms with van der Waals surface area (Å²) in [4.78, 5) is 23.5. The summed E-state index contributed by atoms with van der Waals surface area (Å²) in [5.41, 5.74) is 0.0287. The largest absolute Gasteiger partial charge is 0.465 e. The lowest BCUT2D eigenvalue weighted by Crippen LogP contribution is -2.22. The van der Waals surface area contributed by atoms with Crippen LogP contribution in [0.5, 0.6) is 0 Å². The van der Waals surface area contributed by atoms with E-state index >= 15 is 0 Å². The Bertz CT molecular complexity index is 808. The number of methoxy groups -OCH3 is 1. The molecule has 0 aliphatic rings. The number of anilines is 2. The maximum atomic E-state index is 12.5. The molecule has 0 aliphatic heterocycles. The van der Waals surface area contributed by atoms with Gasteiger partial charge in [0.2, 0.25) is 5.91 Å². The minimum absolute atomic E-state index is 0.141. The van der Waals surface area contributed by atoms with E-state index in [4.69, 9.17) is 11.6 Å². The topological polar surface area (TPSA) is 67.4 Å². The summed E-state index contributed by atoms with van der Waals surface area (Å²) >= 11 is 5.90. The third kappa shape index (κ3) is 5.13. The van der Waals surface area contributed by atoms with E-state index in [2.05, 4.69) is 15.4 Å². The summed E-state index contributed by atoms with van der Waals surface area (Å²) in [6.07, 6.45) is -4.43. The molecule has 0 saturated heterocycles. The van der Waals surface area contributed by atoms with Gasteiger partial charge in [-0.3, -0.25) is 4.79 Å². The molecule has 2 aromatic carbocycles. The molecule has 0 heterocycles. The highest BCUT2D eigenvalue weighted by atomic mass is 35.5. The SMILES string of the molecule is COC(=O)c1cc(NCC(=O)Nc2ccc(C(F)(F)F)cc2)ccc1Cl. The van der Waals surface area contributed by atoms with E-state index < -0.39 is 23.6 Å². The van der Waals surface area contributed by atoms with Crippen molar-refractivity contribution in [1.82, 2.24) is 0 Å². The zero-order valence-electron chi connectivity index (χ0n) is 13.5. The zero-order valence-corrected chi connectivity index (χ0v) is 14.2. The predicted molar refractivity (Wildman–Crippen MR) is 91.4 cm³/mol. The standard InChI is InChI=1S/C17H14ClF3N2O3/c1-26-16(25)13-8-12(6-7-14(13)18)22-9-15(24)23-11-4-2-10(3-5-11)17(19,20)21/h2-8,22H,9H2,1H3,(H,23,24). The van der Waals surface area contributed by atoms with Crippen LogP contribution < -0.4 is 10.6 Å². The highest BCUT2D eigenvalue weighted by molar-refractivity contribution is 6.33. The van der Waals surface area contributed by atoms with Crippen LogP contribution in [0.15, 0.2) is 42.5 Å². The number of esters is 1. The van der Waals surface area contributed by atoms with Gasteiger partial charge in [0.25, 0.3) is 0 Å². The van der Waals surface area contributed by atoms with Gasteiger partial charge >= 0.3 is 12.1 Å². The molecular weight excluding hydrogens is 373 g/mol. The van der Waals surface area contributed by atoms with E-state index in [1.54, 1.807) is 6.07 Å². The molecule has 5 nitrogen and oxygen atoms in total. The Kier molecular flexibility index (Phi) is 6.10. The first-order valence-electron chi connectivity index (χ1n) is 7.29. The van der Waals surface area contributed by atoms with Gasteiger partial charge < -0.3 is 15.4 Å². The van der Waals surface area contributed by atoms with Crippen LogP contribution >= 0.6 is 11.6 Å². The molecule has 0 fully saturated rings. The molecule has 0 unspecified atom stereocenters. The lowest BCUT2D eigenvalue weighted by atomic mass is 10.2. The van der Waals surface area contributed by atoms with Crippen LogP contribution in [0.1, 0.15) is 15.9 Å². The number of carbonyl (C=O) groups excluding carboxylic acids is 2. The van der Waals surface area contributed by atoms with Gasteiger partial charge in [-0.1, -0.05) is 11.6 Å². The first-order chi connectivity index (χ1) is 12.2. The van der Waals surface area contributed by atoms with Gasteiger partial charge in [-0.25, -0.2) is 4.79 Å². The van der Waals surface area contributed by atoms with Crippen molar-refractivity contribution in [2.24, 2.45) is 0 Å². The third-order valence-electron chi connectivity index (χ3n) is 3.32. The number of amides is 1. The molecule has 0 bridgehead atoms. The Morgan fingerprint density at radius 1 is 1.08 bits per heavy atom.